The first-order valence-corrected chi connectivity index (χ1v) is 10.8. The maximum Gasteiger partial charge on any atom is 0.222 e. The maximum atomic E-state index is 12.6. The minimum absolute atomic E-state index is 0.241. The Morgan fingerprint density at radius 2 is 2.07 bits per heavy atom. The Bertz CT molecular complexity index is 1020. The van der Waals surface area contributed by atoms with Gasteiger partial charge in [-0.15, -0.1) is 11.3 Å². The molecule has 29 heavy (non-hydrogen) atoms. The van der Waals surface area contributed by atoms with Gasteiger partial charge in [-0.05, 0) is 47.9 Å². The van der Waals surface area contributed by atoms with Gasteiger partial charge in [0, 0.05) is 47.6 Å². The number of aromatic amines is 1. The minimum Gasteiger partial charge on any atom is -0.493 e. The van der Waals surface area contributed by atoms with E-state index in [1.807, 2.05) is 23.2 Å². The number of hydrogen-bond donors (Lipinski definition) is 1. The average Bonchev–Trinajstić information content (AvgIpc) is 3.43. The fourth-order valence-electron chi connectivity index (χ4n) is 3.88. The third kappa shape index (κ3) is 4.17. The number of carbonyl (C=O) groups excluding carboxylic acids is 1. The van der Waals surface area contributed by atoms with Crippen molar-refractivity contribution in [1.82, 2.24) is 9.88 Å². The summed E-state index contributed by atoms with van der Waals surface area (Å²) in [6.07, 6.45) is 7.42. The van der Waals surface area contributed by atoms with Gasteiger partial charge in [-0.3, -0.25) is 4.79 Å². The van der Waals surface area contributed by atoms with E-state index in [1.54, 1.807) is 25.6 Å². The van der Waals surface area contributed by atoms with Crippen molar-refractivity contribution in [2.24, 2.45) is 0 Å². The molecule has 3 heterocycles. The largest absolute Gasteiger partial charge is 0.493 e. The van der Waals surface area contributed by atoms with Crippen molar-refractivity contribution >= 4 is 33.7 Å². The lowest BCUT2D eigenvalue weighted by atomic mass is 10.0. The van der Waals surface area contributed by atoms with Crippen LogP contribution in [0, 0.1) is 0 Å². The zero-order valence-corrected chi connectivity index (χ0v) is 17.7. The number of nitrogens with one attached hydrogen (secondary N) is 1. The molecular formula is C23H26N2O3S. The van der Waals surface area contributed by atoms with Crippen molar-refractivity contribution in [3.05, 3.63) is 52.4 Å². The third-order valence-corrected chi connectivity index (χ3v) is 6.45. The summed E-state index contributed by atoms with van der Waals surface area (Å²) in [4.78, 5) is 19.2. The fourth-order valence-corrected chi connectivity index (χ4v) is 4.68. The molecule has 1 aliphatic heterocycles. The molecule has 4 rings (SSSR count). The smallest absolute Gasteiger partial charge is 0.222 e. The number of benzene rings is 1. The zero-order chi connectivity index (χ0) is 20.2. The highest BCUT2D eigenvalue weighted by Gasteiger charge is 2.18. The van der Waals surface area contributed by atoms with Crippen molar-refractivity contribution in [2.45, 2.75) is 25.7 Å². The average molecular weight is 411 g/mol. The van der Waals surface area contributed by atoms with E-state index in [2.05, 4.69) is 28.6 Å². The molecule has 0 saturated heterocycles. The summed E-state index contributed by atoms with van der Waals surface area (Å²) in [6, 6.07) is 8.19. The van der Waals surface area contributed by atoms with E-state index < -0.39 is 0 Å². The predicted molar refractivity (Wildman–Crippen MR) is 118 cm³/mol. The van der Waals surface area contributed by atoms with Crippen LogP contribution in [0.3, 0.4) is 0 Å². The van der Waals surface area contributed by atoms with Crippen LogP contribution in [0.1, 0.15) is 29.7 Å². The number of aromatic nitrogens is 1. The summed E-state index contributed by atoms with van der Waals surface area (Å²) in [5.74, 6) is 1.67. The molecule has 1 N–H and O–H groups in total. The van der Waals surface area contributed by atoms with Crippen LogP contribution in [0.2, 0.25) is 0 Å². The number of H-pyrrole nitrogens is 1. The first kappa shape index (κ1) is 19.6. The van der Waals surface area contributed by atoms with Crippen molar-refractivity contribution < 1.29 is 14.3 Å². The van der Waals surface area contributed by atoms with Crippen molar-refractivity contribution in [1.29, 1.82) is 0 Å². The van der Waals surface area contributed by atoms with E-state index >= 15 is 0 Å². The predicted octanol–water partition coefficient (Wildman–Crippen LogP) is 4.89. The Kier molecular flexibility index (Phi) is 5.90. The number of rotatable bonds is 7. The SMILES string of the molecule is COc1cc2[nH]cc(CCCC(=O)N3CC=C(c4cccs4)CC3)c2cc1OC. The van der Waals surface area contributed by atoms with Gasteiger partial charge in [0.15, 0.2) is 11.5 Å². The normalized spacial score (nSPS) is 14.1. The standard InChI is InChI=1S/C23H26N2O3S/c1-27-20-13-18-17(15-24-19(18)14-21(20)28-2)5-3-7-23(26)25-10-8-16(9-11-25)22-6-4-12-29-22/h4,6,8,12-15,24H,3,5,7,9-11H2,1-2H3. The number of amides is 1. The summed E-state index contributed by atoms with van der Waals surface area (Å²) >= 11 is 1.77. The van der Waals surface area contributed by atoms with Gasteiger partial charge in [0.1, 0.15) is 0 Å². The Morgan fingerprint density at radius 1 is 1.24 bits per heavy atom. The van der Waals surface area contributed by atoms with Crippen LogP contribution in [0.15, 0.2) is 41.9 Å². The number of nitrogens with zero attached hydrogens (tertiary/aromatic N) is 1. The monoisotopic (exact) mass is 410 g/mol. The molecule has 0 bridgehead atoms. The molecule has 0 atom stereocenters. The van der Waals surface area contributed by atoms with Gasteiger partial charge in [-0.2, -0.15) is 0 Å². The molecule has 1 aliphatic rings. The van der Waals surface area contributed by atoms with E-state index in [4.69, 9.17) is 9.47 Å². The van der Waals surface area contributed by atoms with Gasteiger partial charge < -0.3 is 19.4 Å². The van der Waals surface area contributed by atoms with Crippen LogP contribution in [0.5, 0.6) is 11.5 Å². The van der Waals surface area contributed by atoms with E-state index in [1.165, 1.54) is 16.0 Å². The van der Waals surface area contributed by atoms with Gasteiger partial charge in [0.25, 0.3) is 0 Å². The maximum absolute atomic E-state index is 12.6. The number of methoxy groups -OCH3 is 2. The van der Waals surface area contributed by atoms with Gasteiger partial charge in [-0.25, -0.2) is 0 Å². The molecule has 0 spiro atoms. The quantitative estimate of drug-likeness (QED) is 0.604. The van der Waals surface area contributed by atoms with Gasteiger partial charge in [0.2, 0.25) is 5.91 Å². The number of ether oxygens (including phenoxy) is 2. The summed E-state index contributed by atoms with van der Waals surface area (Å²) in [6.45, 7) is 1.53. The number of thiophene rings is 1. The highest BCUT2D eigenvalue weighted by atomic mass is 32.1. The fraction of sp³-hybridized carbons (Fsp3) is 0.348. The van der Waals surface area contributed by atoms with Crippen LogP contribution in [-0.2, 0) is 11.2 Å². The molecule has 0 unspecified atom stereocenters. The van der Waals surface area contributed by atoms with E-state index in [0.717, 1.165) is 49.0 Å². The highest BCUT2D eigenvalue weighted by Crippen LogP contribution is 2.34. The lowest BCUT2D eigenvalue weighted by molar-refractivity contribution is -0.130. The van der Waals surface area contributed by atoms with Gasteiger partial charge >= 0.3 is 0 Å². The van der Waals surface area contributed by atoms with E-state index in [-0.39, 0.29) is 5.91 Å². The van der Waals surface area contributed by atoms with Crippen LogP contribution in [0.4, 0.5) is 0 Å². The van der Waals surface area contributed by atoms with Crippen LogP contribution < -0.4 is 9.47 Å². The summed E-state index contributed by atoms with van der Waals surface area (Å²) < 4.78 is 10.8. The first-order chi connectivity index (χ1) is 14.2. The zero-order valence-electron chi connectivity index (χ0n) is 16.9. The molecule has 3 aromatic rings. The topological polar surface area (TPSA) is 54.6 Å². The van der Waals surface area contributed by atoms with Gasteiger partial charge in [0.05, 0.1) is 14.2 Å². The van der Waals surface area contributed by atoms with Crippen LogP contribution in [0.25, 0.3) is 16.5 Å². The minimum atomic E-state index is 0.241. The van der Waals surface area contributed by atoms with Crippen molar-refractivity contribution in [3.63, 3.8) is 0 Å². The lowest BCUT2D eigenvalue weighted by Crippen LogP contribution is -2.34. The second-order valence-electron chi connectivity index (χ2n) is 7.22. The molecule has 2 aromatic heterocycles. The van der Waals surface area contributed by atoms with Crippen molar-refractivity contribution in [2.75, 3.05) is 27.3 Å². The summed E-state index contributed by atoms with van der Waals surface area (Å²) in [5, 5.41) is 3.22. The Labute approximate surface area is 174 Å². The Morgan fingerprint density at radius 3 is 2.76 bits per heavy atom. The van der Waals surface area contributed by atoms with E-state index in [0.29, 0.717) is 12.2 Å². The molecule has 0 fully saturated rings. The summed E-state index contributed by atoms with van der Waals surface area (Å²) in [5.41, 5.74) is 3.59. The second-order valence-corrected chi connectivity index (χ2v) is 8.16. The Balaban J connectivity index is 1.34. The second kappa shape index (κ2) is 8.74. The van der Waals surface area contributed by atoms with E-state index in [9.17, 15) is 4.79 Å². The molecule has 1 amide bonds. The number of aryl methyl sites for hydroxylation is 1. The molecule has 5 nitrogen and oxygen atoms in total. The Hall–Kier alpha value is -2.73. The molecule has 0 radical (unpaired) electrons. The summed E-state index contributed by atoms with van der Waals surface area (Å²) in [7, 11) is 3.28. The lowest BCUT2D eigenvalue weighted by Gasteiger charge is -2.26. The number of carbonyl (C=O) groups is 1. The molecule has 0 aliphatic carbocycles. The first-order valence-electron chi connectivity index (χ1n) is 9.92. The van der Waals surface area contributed by atoms with Crippen molar-refractivity contribution in [3.8, 4) is 11.5 Å². The molecule has 152 valence electrons. The molecule has 0 saturated carbocycles. The van der Waals surface area contributed by atoms with Crippen LogP contribution >= 0.6 is 11.3 Å². The van der Waals surface area contributed by atoms with Crippen LogP contribution in [-0.4, -0.2) is 43.1 Å². The molecular weight excluding hydrogens is 384 g/mol. The third-order valence-electron chi connectivity index (χ3n) is 5.51. The molecule has 6 heteroatoms. The highest BCUT2D eigenvalue weighted by molar-refractivity contribution is 7.11. The number of fused-ring (bicyclic) bond motifs is 1. The molecule has 1 aromatic carbocycles. The number of hydrogen-bond acceptors (Lipinski definition) is 4. The van der Waals surface area contributed by atoms with Gasteiger partial charge in [-0.1, -0.05) is 12.1 Å².